The molecule has 110 valence electrons. The summed E-state index contributed by atoms with van der Waals surface area (Å²) in [5.74, 6) is -0.173. The van der Waals surface area contributed by atoms with Crippen LogP contribution in [0.3, 0.4) is 0 Å². The Kier molecular flexibility index (Phi) is 4.63. The quantitative estimate of drug-likeness (QED) is 0.888. The molecule has 0 amide bonds. The summed E-state index contributed by atoms with van der Waals surface area (Å²) >= 11 is 0. The Morgan fingerprint density at radius 3 is 2.45 bits per heavy atom. The van der Waals surface area contributed by atoms with Gasteiger partial charge >= 0.3 is 6.18 Å². The normalized spacial score (nSPS) is 16.1. The maximum absolute atomic E-state index is 13.3. The lowest BCUT2D eigenvalue weighted by Crippen LogP contribution is -2.55. The number of ether oxygens (including phenoxy) is 1. The summed E-state index contributed by atoms with van der Waals surface area (Å²) in [6, 6.07) is 3.60. The maximum Gasteiger partial charge on any atom is 0.423 e. The highest BCUT2D eigenvalue weighted by atomic mass is 19.4. The second-order valence-corrected chi connectivity index (χ2v) is 4.31. The Morgan fingerprint density at radius 2 is 2.05 bits per heavy atom. The van der Waals surface area contributed by atoms with E-state index in [0.29, 0.717) is 0 Å². The van der Waals surface area contributed by atoms with Gasteiger partial charge < -0.3 is 15.6 Å². The summed E-state index contributed by atoms with van der Waals surface area (Å²) in [6.45, 7) is 1.43. The first kappa shape index (κ1) is 16.3. The molecule has 20 heavy (non-hydrogen) atoms. The Hall–Kier alpha value is -1.78. The Morgan fingerprint density at radius 1 is 1.45 bits per heavy atom. The summed E-state index contributed by atoms with van der Waals surface area (Å²) in [4.78, 5) is 0. The van der Waals surface area contributed by atoms with E-state index in [0.717, 1.165) is 6.07 Å². The SMILES string of the molecule is CCC(N)C(O)(c1cc(C#N)ccc1OC)C(F)(F)F. The van der Waals surface area contributed by atoms with Gasteiger partial charge in [0.1, 0.15) is 5.75 Å². The highest BCUT2D eigenvalue weighted by Gasteiger charge is 2.59. The lowest BCUT2D eigenvalue weighted by molar-refractivity contribution is -0.275. The minimum Gasteiger partial charge on any atom is -0.496 e. The Balaban J connectivity index is 3.61. The second-order valence-electron chi connectivity index (χ2n) is 4.31. The maximum atomic E-state index is 13.3. The first-order valence-electron chi connectivity index (χ1n) is 5.85. The van der Waals surface area contributed by atoms with Gasteiger partial charge in [-0.1, -0.05) is 6.92 Å². The highest BCUT2D eigenvalue weighted by molar-refractivity contribution is 5.46. The van der Waals surface area contributed by atoms with Crippen molar-refractivity contribution in [1.82, 2.24) is 0 Å². The van der Waals surface area contributed by atoms with Crippen LogP contribution in [0.15, 0.2) is 18.2 Å². The summed E-state index contributed by atoms with van der Waals surface area (Å²) in [7, 11) is 1.18. The number of nitriles is 1. The molecule has 0 fully saturated rings. The standard InChI is InChI=1S/C13H15F3N2O2/c1-3-11(18)12(19,13(14,15)16)9-6-8(7-17)4-5-10(9)20-2/h4-6,11,19H,3,18H2,1-2H3. The zero-order valence-corrected chi connectivity index (χ0v) is 11.0. The van der Waals surface area contributed by atoms with Gasteiger partial charge in [0.2, 0.25) is 5.60 Å². The molecular weight excluding hydrogens is 273 g/mol. The van der Waals surface area contributed by atoms with Crippen LogP contribution < -0.4 is 10.5 Å². The monoisotopic (exact) mass is 288 g/mol. The first-order chi connectivity index (χ1) is 9.22. The third kappa shape index (κ3) is 2.57. The predicted molar refractivity (Wildman–Crippen MR) is 65.9 cm³/mol. The number of hydrogen-bond acceptors (Lipinski definition) is 4. The molecule has 0 heterocycles. The molecule has 0 spiro atoms. The van der Waals surface area contributed by atoms with Gasteiger partial charge in [-0.15, -0.1) is 0 Å². The number of nitrogens with two attached hydrogens (primary N) is 1. The van der Waals surface area contributed by atoms with Crippen molar-refractivity contribution in [3.05, 3.63) is 29.3 Å². The number of aliphatic hydroxyl groups is 1. The number of nitrogens with zero attached hydrogens (tertiary/aromatic N) is 1. The van der Waals surface area contributed by atoms with Crippen molar-refractivity contribution in [1.29, 1.82) is 5.26 Å². The molecule has 3 N–H and O–H groups in total. The summed E-state index contributed by atoms with van der Waals surface area (Å²) in [6.07, 6.45) is -5.10. The molecule has 1 aromatic carbocycles. The molecule has 0 aliphatic carbocycles. The van der Waals surface area contributed by atoms with E-state index >= 15 is 0 Å². The van der Waals surface area contributed by atoms with Crippen molar-refractivity contribution in [3.8, 4) is 11.8 Å². The topological polar surface area (TPSA) is 79.3 Å². The van der Waals surface area contributed by atoms with Crippen LogP contribution in [0.4, 0.5) is 13.2 Å². The van der Waals surface area contributed by atoms with E-state index in [4.69, 9.17) is 15.7 Å². The zero-order chi connectivity index (χ0) is 15.6. The van der Waals surface area contributed by atoms with Crippen LogP contribution in [0.1, 0.15) is 24.5 Å². The van der Waals surface area contributed by atoms with Crippen molar-refractivity contribution in [2.24, 2.45) is 5.73 Å². The lowest BCUT2D eigenvalue weighted by atomic mass is 9.83. The molecule has 0 aromatic heterocycles. The predicted octanol–water partition coefficient (Wildman–Crippen LogP) is 2.05. The van der Waals surface area contributed by atoms with Crippen LogP contribution in [-0.4, -0.2) is 24.4 Å². The van der Waals surface area contributed by atoms with Crippen LogP contribution in [0.2, 0.25) is 0 Å². The molecule has 0 aliphatic rings. The van der Waals surface area contributed by atoms with Crippen molar-refractivity contribution in [2.75, 3.05) is 7.11 Å². The average molecular weight is 288 g/mol. The fraction of sp³-hybridized carbons (Fsp3) is 0.462. The third-order valence-corrected chi connectivity index (χ3v) is 3.15. The number of halogens is 3. The number of benzene rings is 1. The van der Waals surface area contributed by atoms with Gasteiger partial charge in [0.25, 0.3) is 0 Å². The Bertz CT molecular complexity index is 525. The zero-order valence-electron chi connectivity index (χ0n) is 11.0. The fourth-order valence-electron chi connectivity index (χ4n) is 1.93. The smallest absolute Gasteiger partial charge is 0.423 e. The van der Waals surface area contributed by atoms with E-state index in [1.54, 1.807) is 6.07 Å². The molecule has 0 saturated heterocycles. The van der Waals surface area contributed by atoms with E-state index in [1.165, 1.54) is 26.2 Å². The van der Waals surface area contributed by atoms with Gasteiger partial charge in [-0.3, -0.25) is 0 Å². The average Bonchev–Trinajstić information content (AvgIpc) is 2.43. The molecule has 0 saturated carbocycles. The molecule has 0 radical (unpaired) electrons. The van der Waals surface area contributed by atoms with E-state index in [1.807, 2.05) is 0 Å². The van der Waals surface area contributed by atoms with Crippen LogP contribution in [-0.2, 0) is 5.60 Å². The first-order valence-corrected chi connectivity index (χ1v) is 5.85. The molecule has 4 nitrogen and oxygen atoms in total. The lowest BCUT2D eigenvalue weighted by Gasteiger charge is -2.36. The van der Waals surface area contributed by atoms with Crippen LogP contribution >= 0.6 is 0 Å². The van der Waals surface area contributed by atoms with Gasteiger partial charge in [-0.05, 0) is 24.6 Å². The van der Waals surface area contributed by atoms with E-state index < -0.39 is 23.4 Å². The van der Waals surface area contributed by atoms with Crippen LogP contribution in [0.25, 0.3) is 0 Å². The molecule has 0 aliphatic heterocycles. The molecular formula is C13H15F3N2O2. The van der Waals surface area contributed by atoms with Crippen molar-refractivity contribution < 1.29 is 23.0 Å². The largest absolute Gasteiger partial charge is 0.496 e. The van der Waals surface area contributed by atoms with Crippen LogP contribution in [0, 0.1) is 11.3 Å². The summed E-state index contributed by atoms with van der Waals surface area (Å²) in [5.41, 5.74) is 1.62. The van der Waals surface area contributed by atoms with E-state index in [2.05, 4.69) is 0 Å². The van der Waals surface area contributed by atoms with Crippen molar-refractivity contribution in [2.45, 2.75) is 31.2 Å². The highest BCUT2D eigenvalue weighted by Crippen LogP contribution is 2.45. The minimum absolute atomic E-state index is 0.0215. The Labute approximate surface area is 114 Å². The second kappa shape index (κ2) is 5.69. The van der Waals surface area contributed by atoms with Gasteiger partial charge in [-0.2, -0.15) is 18.4 Å². The number of methoxy groups -OCH3 is 1. The number of hydrogen-bond donors (Lipinski definition) is 2. The van der Waals surface area contributed by atoms with Gasteiger partial charge in [0, 0.05) is 11.6 Å². The molecule has 0 bridgehead atoms. The molecule has 1 aromatic rings. The number of rotatable bonds is 4. The fourth-order valence-corrected chi connectivity index (χ4v) is 1.93. The molecule has 7 heteroatoms. The molecule has 2 unspecified atom stereocenters. The molecule has 1 rings (SSSR count). The summed E-state index contributed by atoms with van der Waals surface area (Å²) < 4.78 is 44.8. The van der Waals surface area contributed by atoms with E-state index in [-0.39, 0.29) is 17.7 Å². The molecule has 2 atom stereocenters. The van der Waals surface area contributed by atoms with E-state index in [9.17, 15) is 18.3 Å². The van der Waals surface area contributed by atoms with Crippen LogP contribution in [0.5, 0.6) is 5.75 Å². The van der Waals surface area contributed by atoms with Crippen molar-refractivity contribution in [3.63, 3.8) is 0 Å². The third-order valence-electron chi connectivity index (χ3n) is 3.15. The summed E-state index contributed by atoms with van der Waals surface area (Å²) in [5, 5.41) is 19.0. The minimum atomic E-state index is -5.00. The van der Waals surface area contributed by atoms with Gasteiger partial charge in [0.15, 0.2) is 0 Å². The van der Waals surface area contributed by atoms with Gasteiger partial charge in [0.05, 0.1) is 18.7 Å². The number of alkyl halides is 3. The van der Waals surface area contributed by atoms with Crippen molar-refractivity contribution >= 4 is 0 Å². The van der Waals surface area contributed by atoms with Gasteiger partial charge in [-0.25, -0.2) is 0 Å².